The number of para-hydroxylation sites is 1. The SMILES string of the molecule is CN(C)CC(=O)N(C)c1ccc(N/C(=C2\C(=O)Nc3ccccc32)c2ccccc2)cc1.Cl. The third-order valence-corrected chi connectivity index (χ3v) is 5.33. The number of carbonyl (C=O) groups is 2. The highest BCUT2D eigenvalue weighted by molar-refractivity contribution is 6.37. The van der Waals surface area contributed by atoms with Gasteiger partial charge >= 0.3 is 0 Å². The second kappa shape index (κ2) is 10.3. The van der Waals surface area contributed by atoms with Crippen molar-refractivity contribution < 1.29 is 9.59 Å². The van der Waals surface area contributed by atoms with E-state index in [1.807, 2.05) is 97.9 Å². The first-order valence-electron chi connectivity index (χ1n) is 10.4. The van der Waals surface area contributed by atoms with Crippen LogP contribution in [0.1, 0.15) is 11.1 Å². The van der Waals surface area contributed by atoms with Crippen molar-refractivity contribution >= 4 is 52.6 Å². The maximum absolute atomic E-state index is 12.9. The summed E-state index contributed by atoms with van der Waals surface area (Å²) in [4.78, 5) is 28.7. The Morgan fingerprint density at radius 1 is 0.879 bits per heavy atom. The maximum Gasteiger partial charge on any atom is 0.258 e. The minimum atomic E-state index is -0.136. The number of hydrogen-bond donors (Lipinski definition) is 2. The summed E-state index contributed by atoms with van der Waals surface area (Å²) < 4.78 is 0. The van der Waals surface area contributed by atoms with Crippen LogP contribution in [0, 0.1) is 0 Å². The van der Waals surface area contributed by atoms with Crippen LogP contribution in [0.4, 0.5) is 17.1 Å². The fraction of sp³-hybridized carbons (Fsp3) is 0.154. The number of anilines is 3. The quantitative estimate of drug-likeness (QED) is 0.527. The van der Waals surface area contributed by atoms with Gasteiger partial charge in [-0.2, -0.15) is 0 Å². The van der Waals surface area contributed by atoms with Crippen LogP contribution < -0.4 is 15.5 Å². The molecule has 1 aliphatic rings. The van der Waals surface area contributed by atoms with E-state index < -0.39 is 0 Å². The fourth-order valence-electron chi connectivity index (χ4n) is 3.68. The molecule has 2 amide bonds. The molecule has 0 saturated heterocycles. The normalized spacial score (nSPS) is 13.6. The van der Waals surface area contributed by atoms with Gasteiger partial charge in [-0.25, -0.2) is 0 Å². The van der Waals surface area contributed by atoms with Gasteiger partial charge in [0, 0.05) is 29.7 Å². The monoisotopic (exact) mass is 462 g/mol. The number of hydrogen-bond acceptors (Lipinski definition) is 4. The molecule has 6 nitrogen and oxygen atoms in total. The van der Waals surface area contributed by atoms with Crippen LogP contribution in [-0.2, 0) is 9.59 Å². The maximum atomic E-state index is 12.9. The average molecular weight is 463 g/mol. The van der Waals surface area contributed by atoms with Crippen LogP contribution in [0.25, 0.3) is 11.3 Å². The Hall–Kier alpha value is -3.61. The Labute approximate surface area is 200 Å². The van der Waals surface area contributed by atoms with Gasteiger partial charge in [-0.3, -0.25) is 9.59 Å². The molecule has 2 N–H and O–H groups in total. The standard InChI is InChI=1S/C26H26N4O2.ClH/c1-29(2)17-23(31)30(3)20-15-13-19(14-16-20)27-25(18-9-5-4-6-10-18)24-21-11-7-8-12-22(21)28-26(24)32;/h4-16,27H,17H2,1-3H3,(H,28,32);1H/b25-24-;. The second-order valence-electron chi connectivity index (χ2n) is 7.98. The molecule has 0 spiro atoms. The third-order valence-electron chi connectivity index (χ3n) is 5.33. The van der Waals surface area contributed by atoms with E-state index >= 15 is 0 Å². The van der Waals surface area contributed by atoms with Gasteiger partial charge in [0.05, 0.1) is 17.8 Å². The van der Waals surface area contributed by atoms with Crippen LogP contribution in [-0.4, -0.2) is 44.4 Å². The molecule has 7 heteroatoms. The zero-order chi connectivity index (χ0) is 22.7. The Kier molecular flexibility index (Phi) is 7.53. The van der Waals surface area contributed by atoms with Crippen molar-refractivity contribution in [1.29, 1.82) is 0 Å². The lowest BCUT2D eigenvalue weighted by Crippen LogP contribution is -2.34. The molecule has 4 rings (SSSR count). The summed E-state index contributed by atoms with van der Waals surface area (Å²) in [5.41, 5.74) is 5.56. The molecular formula is C26H27ClN4O2. The highest BCUT2D eigenvalue weighted by Crippen LogP contribution is 2.37. The molecule has 33 heavy (non-hydrogen) atoms. The van der Waals surface area contributed by atoms with Crippen LogP contribution >= 0.6 is 12.4 Å². The summed E-state index contributed by atoms with van der Waals surface area (Å²) in [5, 5.41) is 6.39. The van der Waals surface area contributed by atoms with Gasteiger partial charge in [-0.1, -0.05) is 48.5 Å². The molecule has 0 saturated carbocycles. The predicted molar refractivity (Wildman–Crippen MR) is 138 cm³/mol. The molecule has 0 unspecified atom stereocenters. The summed E-state index contributed by atoms with van der Waals surface area (Å²) in [5.74, 6) is -0.120. The number of rotatable bonds is 6. The molecule has 3 aromatic rings. The zero-order valence-electron chi connectivity index (χ0n) is 18.8. The van der Waals surface area contributed by atoms with E-state index in [1.165, 1.54) is 0 Å². The Morgan fingerprint density at radius 3 is 2.18 bits per heavy atom. The molecule has 1 heterocycles. The van der Waals surface area contributed by atoms with Gasteiger partial charge in [0.25, 0.3) is 5.91 Å². The van der Waals surface area contributed by atoms with Gasteiger partial charge in [0.1, 0.15) is 0 Å². The van der Waals surface area contributed by atoms with Crippen LogP contribution in [0.2, 0.25) is 0 Å². The number of nitrogens with zero attached hydrogens (tertiary/aromatic N) is 2. The van der Waals surface area contributed by atoms with Crippen molar-refractivity contribution in [2.45, 2.75) is 0 Å². The van der Waals surface area contributed by atoms with Gasteiger partial charge < -0.3 is 20.4 Å². The summed E-state index contributed by atoms with van der Waals surface area (Å²) >= 11 is 0. The van der Waals surface area contributed by atoms with Crippen molar-refractivity contribution in [2.75, 3.05) is 43.2 Å². The highest BCUT2D eigenvalue weighted by atomic mass is 35.5. The number of amides is 2. The smallest absolute Gasteiger partial charge is 0.258 e. The van der Waals surface area contributed by atoms with Crippen LogP contribution in [0.15, 0.2) is 78.9 Å². The van der Waals surface area contributed by atoms with Crippen LogP contribution in [0.5, 0.6) is 0 Å². The topological polar surface area (TPSA) is 64.7 Å². The van der Waals surface area contributed by atoms with E-state index in [2.05, 4.69) is 10.6 Å². The lowest BCUT2D eigenvalue weighted by atomic mass is 10.00. The summed E-state index contributed by atoms with van der Waals surface area (Å²) in [7, 11) is 5.51. The molecule has 0 aliphatic carbocycles. The molecule has 170 valence electrons. The molecule has 1 aliphatic heterocycles. The molecule has 0 radical (unpaired) electrons. The Bertz CT molecular complexity index is 1170. The first-order chi connectivity index (χ1) is 15.4. The number of halogens is 1. The number of benzene rings is 3. The van der Waals surface area contributed by atoms with E-state index in [9.17, 15) is 9.59 Å². The summed E-state index contributed by atoms with van der Waals surface area (Å²) in [6.07, 6.45) is 0. The van der Waals surface area contributed by atoms with Crippen molar-refractivity contribution in [3.05, 3.63) is 90.0 Å². The Morgan fingerprint density at radius 2 is 1.52 bits per heavy atom. The van der Waals surface area contributed by atoms with E-state index in [-0.39, 0.29) is 24.2 Å². The first-order valence-corrected chi connectivity index (χ1v) is 10.4. The highest BCUT2D eigenvalue weighted by Gasteiger charge is 2.28. The van der Waals surface area contributed by atoms with Crippen molar-refractivity contribution in [3.8, 4) is 0 Å². The van der Waals surface area contributed by atoms with Gasteiger partial charge in [-0.05, 0) is 50.0 Å². The van der Waals surface area contributed by atoms with E-state index in [0.29, 0.717) is 12.1 Å². The first kappa shape index (κ1) is 24.0. The number of likely N-dealkylation sites (N-methyl/N-ethyl adjacent to an activating group) is 2. The Balaban J connectivity index is 0.00000306. The molecule has 3 aromatic carbocycles. The number of nitrogens with one attached hydrogen (secondary N) is 2. The summed E-state index contributed by atoms with van der Waals surface area (Å²) in [6, 6.07) is 25.1. The average Bonchev–Trinajstić information content (AvgIpc) is 3.13. The fourth-order valence-corrected chi connectivity index (χ4v) is 3.68. The molecule has 0 aromatic heterocycles. The summed E-state index contributed by atoms with van der Waals surface area (Å²) in [6.45, 7) is 0.343. The predicted octanol–water partition coefficient (Wildman–Crippen LogP) is 4.57. The van der Waals surface area contributed by atoms with E-state index in [1.54, 1.807) is 11.9 Å². The number of fused-ring (bicyclic) bond motifs is 1. The lowest BCUT2D eigenvalue weighted by Gasteiger charge is -2.20. The van der Waals surface area contributed by atoms with E-state index in [0.717, 1.165) is 33.9 Å². The molecule has 0 atom stereocenters. The molecule has 0 bridgehead atoms. The molecular weight excluding hydrogens is 436 g/mol. The van der Waals surface area contributed by atoms with Gasteiger partial charge in [0.2, 0.25) is 5.91 Å². The minimum Gasteiger partial charge on any atom is -0.354 e. The second-order valence-corrected chi connectivity index (χ2v) is 7.98. The lowest BCUT2D eigenvalue weighted by molar-refractivity contribution is -0.119. The van der Waals surface area contributed by atoms with Crippen molar-refractivity contribution in [3.63, 3.8) is 0 Å². The van der Waals surface area contributed by atoms with Crippen molar-refractivity contribution in [1.82, 2.24) is 4.90 Å². The van der Waals surface area contributed by atoms with Crippen molar-refractivity contribution in [2.24, 2.45) is 0 Å². The third kappa shape index (κ3) is 5.25. The van der Waals surface area contributed by atoms with Gasteiger partial charge in [-0.15, -0.1) is 12.4 Å². The van der Waals surface area contributed by atoms with Crippen LogP contribution in [0.3, 0.4) is 0 Å². The largest absolute Gasteiger partial charge is 0.354 e. The molecule has 0 fully saturated rings. The number of carbonyl (C=O) groups excluding carboxylic acids is 2. The zero-order valence-corrected chi connectivity index (χ0v) is 19.6. The van der Waals surface area contributed by atoms with Gasteiger partial charge in [0.15, 0.2) is 0 Å². The van der Waals surface area contributed by atoms with E-state index in [4.69, 9.17) is 0 Å². The minimum absolute atomic E-state index is 0.